The third-order valence-corrected chi connectivity index (χ3v) is 2.79. The van der Waals surface area contributed by atoms with Crippen molar-refractivity contribution in [2.75, 3.05) is 13.1 Å². The fourth-order valence-electron chi connectivity index (χ4n) is 1.88. The van der Waals surface area contributed by atoms with E-state index in [0.29, 0.717) is 6.04 Å². The highest BCUT2D eigenvalue weighted by atomic mass is 16.3. The molecule has 0 bridgehead atoms. The van der Waals surface area contributed by atoms with E-state index in [-0.39, 0.29) is 12.6 Å². The molecule has 0 aliphatic carbocycles. The van der Waals surface area contributed by atoms with Crippen molar-refractivity contribution in [3.8, 4) is 0 Å². The van der Waals surface area contributed by atoms with E-state index in [0.717, 1.165) is 13.0 Å². The van der Waals surface area contributed by atoms with Crippen LogP contribution < -0.4 is 16.4 Å². The highest BCUT2D eigenvalue weighted by Gasteiger charge is 2.18. The van der Waals surface area contributed by atoms with Crippen LogP contribution in [0.3, 0.4) is 0 Å². The van der Waals surface area contributed by atoms with Gasteiger partial charge in [0.2, 0.25) is 5.91 Å². The van der Waals surface area contributed by atoms with E-state index in [1.54, 1.807) is 0 Å². The van der Waals surface area contributed by atoms with Crippen LogP contribution in [0.15, 0.2) is 0 Å². The van der Waals surface area contributed by atoms with E-state index in [1.807, 2.05) is 6.92 Å². The Morgan fingerprint density at radius 1 is 1.73 bits per heavy atom. The fraction of sp³-hybridized carbons (Fsp3) is 0.900. The largest absolute Gasteiger partial charge is 0.382 e. The van der Waals surface area contributed by atoms with E-state index >= 15 is 0 Å². The van der Waals surface area contributed by atoms with Crippen LogP contribution in [0.4, 0.5) is 0 Å². The average molecular weight is 215 g/mol. The summed E-state index contributed by atoms with van der Waals surface area (Å²) in [5, 5.41) is 15.7. The molecule has 1 heterocycles. The molecule has 1 aliphatic heterocycles. The zero-order chi connectivity index (χ0) is 11.3. The van der Waals surface area contributed by atoms with Crippen molar-refractivity contribution in [1.82, 2.24) is 10.6 Å². The number of nitrogens with one attached hydrogen (secondary N) is 2. The first-order valence-corrected chi connectivity index (χ1v) is 5.53. The van der Waals surface area contributed by atoms with Crippen molar-refractivity contribution in [2.24, 2.45) is 5.73 Å². The molecule has 0 radical (unpaired) electrons. The van der Waals surface area contributed by atoms with Crippen LogP contribution in [0.5, 0.6) is 0 Å². The molecular weight excluding hydrogens is 194 g/mol. The SMILES string of the molecule is CC(CC1CCCN1)NCC(O)C(N)=O. The molecule has 1 saturated heterocycles. The Labute approximate surface area is 90.4 Å². The lowest BCUT2D eigenvalue weighted by Gasteiger charge is -2.19. The van der Waals surface area contributed by atoms with Gasteiger partial charge < -0.3 is 21.5 Å². The van der Waals surface area contributed by atoms with Gasteiger partial charge in [0, 0.05) is 18.6 Å². The summed E-state index contributed by atoms with van der Waals surface area (Å²) in [5.74, 6) is -0.673. The maximum atomic E-state index is 10.6. The lowest BCUT2D eigenvalue weighted by atomic mass is 10.1. The number of rotatable bonds is 6. The first-order chi connectivity index (χ1) is 7.09. The minimum Gasteiger partial charge on any atom is -0.382 e. The maximum absolute atomic E-state index is 10.6. The Kier molecular flexibility index (Phi) is 5.01. The molecule has 5 nitrogen and oxygen atoms in total. The molecule has 15 heavy (non-hydrogen) atoms. The number of aliphatic hydroxyl groups excluding tert-OH is 1. The zero-order valence-corrected chi connectivity index (χ0v) is 9.20. The van der Waals surface area contributed by atoms with Gasteiger partial charge in [-0.2, -0.15) is 0 Å². The van der Waals surface area contributed by atoms with Crippen LogP contribution in [0, 0.1) is 0 Å². The summed E-state index contributed by atoms with van der Waals surface area (Å²) in [7, 11) is 0. The standard InChI is InChI=1S/C10H21N3O2/c1-7(5-8-3-2-4-12-8)13-6-9(14)10(11)15/h7-9,12-14H,2-6H2,1H3,(H2,11,15). The number of aliphatic hydroxyl groups is 1. The number of carbonyl (C=O) groups excluding carboxylic acids is 1. The second-order valence-corrected chi connectivity index (χ2v) is 4.26. The molecule has 0 aromatic rings. The zero-order valence-electron chi connectivity index (χ0n) is 9.20. The van der Waals surface area contributed by atoms with Gasteiger partial charge in [-0.3, -0.25) is 4.79 Å². The summed E-state index contributed by atoms with van der Waals surface area (Å²) in [6.07, 6.45) is 2.39. The summed E-state index contributed by atoms with van der Waals surface area (Å²) in [6, 6.07) is 0.854. The summed E-state index contributed by atoms with van der Waals surface area (Å²) >= 11 is 0. The van der Waals surface area contributed by atoms with Crippen molar-refractivity contribution < 1.29 is 9.90 Å². The predicted molar refractivity (Wildman–Crippen MR) is 58.3 cm³/mol. The Morgan fingerprint density at radius 2 is 2.47 bits per heavy atom. The van der Waals surface area contributed by atoms with Gasteiger partial charge in [0.25, 0.3) is 0 Å². The Hall–Kier alpha value is -0.650. The van der Waals surface area contributed by atoms with Crippen molar-refractivity contribution in [3.05, 3.63) is 0 Å². The molecule has 0 aromatic heterocycles. The highest BCUT2D eigenvalue weighted by Crippen LogP contribution is 2.10. The molecule has 88 valence electrons. The van der Waals surface area contributed by atoms with Crippen LogP contribution in [0.1, 0.15) is 26.2 Å². The molecule has 0 aromatic carbocycles. The van der Waals surface area contributed by atoms with Crippen molar-refractivity contribution in [1.29, 1.82) is 0 Å². The summed E-state index contributed by atoms with van der Waals surface area (Å²) in [6.45, 7) is 3.39. The first kappa shape index (κ1) is 12.4. The van der Waals surface area contributed by atoms with Crippen molar-refractivity contribution in [2.45, 2.75) is 44.4 Å². The van der Waals surface area contributed by atoms with E-state index in [1.165, 1.54) is 12.8 Å². The second kappa shape index (κ2) is 6.05. The molecule has 3 atom stereocenters. The van der Waals surface area contributed by atoms with Crippen LogP contribution in [0.25, 0.3) is 0 Å². The minimum atomic E-state index is -1.08. The van der Waals surface area contributed by atoms with E-state index in [2.05, 4.69) is 10.6 Å². The number of carbonyl (C=O) groups is 1. The summed E-state index contributed by atoms with van der Waals surface area (Å²) < 4.78 is 0. The highest BCUT2D eigenvalue weighted by molar-refractivity contribution is 5.78. The lowest BCUT2D eigenvalue weighted by Crippen LogP contribution is -2.42. The summed E-state index contributed by atoms with van der Waals surface area (Å²) in [4.78, 5) is 10.6. The number of primary amides is 1. The third kappa shape index (κ3) is 4.59. The van der Waals surface area contributed by atoms with Crippen molar-refractivity contribution >= 4 is 5.91 Å². The molecule has 5 heteroatoms. The van der Waals surface area contributed by atoms with Gasteiger partial charge in [-0.15, -0.1) is 0 Å². The lowest BCUT2D eigenvalue weighted by molar-refractivity contribution is -0.125. The molecule has 1 fully saturated rings. The summed E-state index contributed by atoms with van der Waals surface area (Å²) in [5.41, 5.74) is 4.94. The Balaban J connectivity index is 2.12. The van der Waals surface area contributed by atoms with E-state index < -0.39 is 12.0 Å². The van der Waals surface area contributed by atoms with Gasteiger partial charge in [0.1, 0.15) is 6.10 Å². The van der Waals surface area contributed by atoms with Gasteiger partial charge in [0.05, 0.1) is 0 Å². The molecule has 1 aliphatic rings. The number of hydrogen-bond acceptors (Lipinski definition) is 4. The molecular formula is C10H21N3O2. The monoisotopic (exact) mass is 215 g/mol. The maximum Gasteiger partial charge on any atom is 0.247 e. The molecule has 1 amide bonds. The number of amides is 1. The molecule has 0 spiro atoms. The predicted octanol–water partition coefficient (Wildman–Crippen LogP) is -1.05. The van der Waals surface area contributed by atoms with Crippen LogP contribution in [-0.2, 0) is 4.79 Å². The van der Waals surface area contributed by atoms with Crippen LogP contribution in [-0.4, -0.2) is 42.3 Å². The van der Waals surface area contributed by atoms with E-state index in [9.17, 15) is 9.90 Å². The molecule has 3 unspecified atom stereocenters. The van der Waals surface area contributed by atoms with Crippen LogP contribution >= 0.6 is 0 Å². The second-order valence-electron chi connectivity index (χ2n) is 4.26. The number of nitrogens with two attached hydrogens (primary N) is 1. The fourth-order valence-corrected chi connectivity index (χ4v) is 1.88. The Morgan fingerprint density at radius 3 is 3.00 bits per heavy atom. The Bertz CT molecular complexity index is 205. The molecule has 1 rings (SSSR count). The molecule has 5 N–H and O–H groups in total. The third-order valence-electron chi connectivity index (χ3n) is 2.79. The molecule has 0 saturated carbocycles. The quantitative estimate of drug-likeness (QED) is 0.455. The average Bonchev–Trinajstić information content (AvgIpc) is 2.66. The van der Waals surface area contributed by atoms with Crippen molar-refractivity contribution in [3.63, 3.8) is 0 Å². The van der Waals surface area contributed by atoms with Gasteiger partial charge in [-0.25, -0.2) is 0 Å². The van der Waals surface area contributed by atoms with Crippen LogP contribution in [0.2, 0.25) is 0 Å². The van der Waals surface area contributed by atoms with Gasteiger partial charge in [0.15, 0.2) is 0 Å². The topological polar surface area (TPSA) is 87.4 Å². The van der Waals surface area contributed by atoms with Gasteiger partial charge in [-0.1, -0.05) is 0 Å². The van der Waals surface area contributed by atoms with E-state index in [4.69, 9.17) is 5.73 Å². The van der Waals surface area contributed by atoms with Gasteiger partial charge in [-0.05, 0) is 32.7 Å². The minimum absolute atomic E-state index is 0.239. The van der Waals surface area contributed by atoms with Gasteiger partial charge >= 0.3 is 0 Å². The smallest absolute Gasteiger partial charge is 0.247 e. The first-order valence-electron chi connectivity index (χ1n) is 5.53. The normalized spacial score (nSPS) is 25.1. The number of hydrogen-bond donors (Lipinski definition) is 4.